The molecule has 0 aliphatic heterocycles. The first-order chi connectivity index (χ1) is 8.90. The van der Waals surface area contributed by atoms with Gasteiger partial charge in [-0.3, -0.25) is 4.79 Å². The van der Waals surface area contributed by atoms with Crippen LogP contribution < -0.4 is 5.32 Å². The fourth-order valence-corrected chi connectivity index (χ4v) is 1.46. The third-order valence-electron chi connectivity index (χ3n) is 2.49. The molecule has 1 rings (SSSR count). The molecule has 0 aliphatic rings. The SMILES string of the molecule is CCOC(=O)C(O)C(C)(O)Nc1ccc(C=O)cc1. The van der Waals surface area contributed by atoms with E-state index in [4.69, 9.17) is 0 Å². The van der Waals surface area contributed by atoms with E-state index in [1.54, 1.807) is 31.2 Å². The summed E-state index contributed by atoms with van der Waals surface area (Å²) in [6.07, 6.45) is -1.03. The van der Waals surface area contributed by atoms with E-state index < -0.39 is 17.8 Å². The van der Waals surface area contributed by atoms with E-state index in [1.807, 2.05) is 0 Å². The van der Waals surface area contributed by atoms with Crippen LogP contribution in [0.2, 0.25) is 0 Å². The van der Waals surface area contributed by atoms with E-state index in [0.717, 1.165) is 0 Å². The molecule has 104 valence electrons. The van der Waals surface area contributed by atoms with Crippen LogP contribution in [0.4, 0.5) is 5.69 Å². The van der Waals surface area contributed by atoms with E-state index >= 15 is 0 Å². The molecule has 0 bridgehead atoms. The van der Waals surface area contributed by atoms with Crippen molar-refractivity contribution < 1.29 is 24.5 Å². The van der Waals surface area contributed by atoms with Gasteiger partial charge in [-0.05, 0) is 38.1 Å². The predicted octanol–water partition coefficient (Wildman–Crippen LogP) is 0.543. The predicted molar refractivity (Wildman–Crippen MR) is 68.7 cm³/mol. The minimum absolute atomic E-state index is 0.111. The highest BCUT2D eigenvalue weighted by molar-refractivity contribution is 5.77. The molecule has 0 heterocycles. The highest BCUT2D eigenvalue weighted by atomic mass is 16.5. The summed E-state index contributed by atoms with van der Waals surface area (Å²) >= 11 is 0. The fraction of sp³-hybridized carbons (Fsp3) is 0.385. The smallest absolute Gasteiger partial charge is 0.340 e. The molecule has 2 atom stereocenters. The van der Waals surface area contributed by atoms with Gasteiger partial charge in [0.2, 0.25) is 0 Å². The second kappa shape index (κ2) is 6.31. The van der Waals surface area contributed by atoms with Gasteiger partial charge in [0.1, 0.15) is 6.29 Å². The van der Waals surface area contributed by atoms with Gasteiger partial charge in [0, 0.05) is 11.3 Å². The molecular formula is C13H17NO5. The number of carbonyl (C=O) groups excluding carboxylic acids is 2. The van der Waals surface area contributed by atoms with Gasteiger partial charge in [0.15, 0.2) is 11.8 Å². The Morgan fingerprint density at radius 1 is 1.47 bits per heavy atom. The maximum Gasteiger partial charge on any atom is 0.340 e. The molecule has 0 amide bonds. The van der Waals surface area contributed by atoms with Crippen molar-refractivity contribution in [3.63, 3.8) is 0 Å². The van der Waals surface area contributed by atoms with Crippen LogP contribution in [0.3, 0.4) is 0 Å². The van der Waals surface area contributed by atoms with E-state index in [-0.39, 0.29) is 6.61 Å². The van der Waals surface area contributed by atoms with Crippen molar-refractivity contribution >= 4 is 17.9 Å². The minimum atomic E-state index is -1.88. The Labute approximate surface area is 111 Å². The molecule has 6 nitrogen and oxygen atoms in total. The number of benzene rings is 1. The van der Waals surface area contributed by atoms with E-state index in [2.05, 4.69) is 10.1 Å². The molecular weight excluding hydrogens is 250 g/mol. The topological polar surface area (TPSA) is 95.9 Å². The number of ether oxygens (including phenoxy) is 1. The molecule has 0 saturated heterocycles. The van der Waals surface area contributed by atoms with Crippen molar-refractivity contribution in [2.75, 3.05) is 11.9 Å². The molecule has 3 N–H and O–H groups in total. The van der Waals surface area contributed by atoms with Crippen molar-refractivity contribution in [1.82, 2.24) is 0 Å². The highest BCUT2D eigenvalue weighted by Gasteiger charge is 2.37. The summed E-state index contributed by atoms with van der Waals surface area (Å²) in [6.45, 7) is 2.97. The van der Waals surface area contributed by atoms with Gasteiger partial charge in [-0.1, -0.05) is 0 Å². The molecule has 0 radical (unpaired) electrons. The Morgan fingerprint density at radius 3 is 2.53 bits per heavy atom. The molecule has 0 aliphatic carbocycles. The number of anilines is 1. The highest BCUT2D eigenvalue weighted by Crippen LogP contribution is 2.17. The molecule has 0 fully saturated rings. The average molecular weight is 267 g/mol. The Morgan fingerprint density at radius 2 is 2.05 bits per heavy atom. The van der Waals surface area contributed by atoms with Crippen LogP contribution in [0.25, 0.3) is 0 Å². The number of aldehydes is 1. The molecule has 2 unspecified atom stereocenters. The number of carbonyl (C=O) groups is 2. The van der Waals surface area contributed by atoms with E-state index in [9.17, 15) is 19.8 Å². The van der Waals surface area contributed by atoms with Crippen molar-refractivity contribution in [1.29, 1.82) is 0 Å². The van der Waals surface area contributed by atoms with Gasteiger partial charge in [-0.15, -0.1) is 0 Å². The lowest BCUT2D eigenvalue weighted by atomic mass is 10.1. The number of hydrogen-bond donors (Lipinski definition) is 3. The monoisotopic (exact) mass is 267 g/mol. The van der Waals surface area contributed by atoms with Crippen molar-refractivity contribution in [3.8, 4) is 0 Å². The zero-order chi connectivity index (χ0) is 14.5. The quantitative estimate of drug-likeness (QED) is 0.395. The van der Waals surface area contributed by atoms with Crippen molar-refractivity contribution in [3.05, 3.63) is 29.8 Å². The van der Waals surface area contributed by atoms with Crippen LogP contribution in [0, 0.1) is 0 Å². The number of nitrogens with one attached hydrogen (secondary N) is 1. The second-order valence-electron chi connectivity index (χ2n) is 4.17. The largest absolute Gasteiger partial charge is 0.464 e. The maximum absolute atomic E-state index is 11.4. The Balaban J connectivity index is 2.76. The standard InChI is InChI=1S/C13H17NO5/c1-3-19-12(17)11(16)13(2,18)14-10-6-4-9(8-15)5-7-10/h4-8,11,14,16,18H,3H2,1-2H3. The van der Waals surface area contributed by atoms with Gasteiger partial charge in [-0.25, -0.2) is 4.79 Å². The van der Waals surface area contributed by atoms with Crippen LogP contribution in [-0.4, -0.2) is 40.9 Å². The third-order valence-corrected chi connectivity index (χ3v) is 2.49. The van der Waals surface area contributed by atoms with Crippen LogP contribution in [-0.2, 0) is 9.53 Å². The zero-order valence-corrected chi connectivity index (χ0v) is 10.8. The Bertz CT molecular complexity index is 441. The fourth-order valence-electron chi connectivity index (χ4n) is 1.46. The maximum atomic E-state index is 11.4. The molecule has 0 spiro atoms. The number of hydrogen-bond acceptors (Lipinski definition) is 6. The lowest BCUT2D eigenvalue weighted by Crippen LogP contribution is -2.51. The average Bonchev–Trinajstić information content (AvgIpc) is 2.38. The Hall–Kier alpha value is -1.92. The summed E-state index contributed by atoms with van der Waals surface area (Å²) in [6, 6.07) is 6.19. The first-order valence-corrected chi connectivity index (χ1v) is 5.81. The normalized spacial score (nSPS) is 15.2. The molecule has 6 heteroatoms. The van der Waals surface area contributed by atoms with Crippen LogP contribution >= 0.6 is 0 Å². The van der Waals surface area contributed by atoms with Gasteiger partial charge in [-0.2, -0.15) is 0 Å². The summed E-state index contributed by atoms with van der Waals surface area (Å²) < 4.78 is 4.63. The zero-order valence-electron chi connectivity index (χ0n) is 10.8. The molecule has 0 aromatic heterocycles. The van der Waals surface area contributed by atoms with Crippen LogP contribution in [0.1, 0.15) is 24.2 Å². The van der Waals surface area contributed by atoms with Gasteiger partial charge in [0.05, 0.1) is 6.61 Å². The van der Waals surface area contributed by atoms with E-state index in [0.29, 0.717) is 17.5 Å². The number of rotatable bonds is 6. The molecule has 0 saturated carbocycles. The Kier molecular flexibility index (Phi) is 5.02. The molecule has 1 aromatic carbocycles. The van der Waals surface area contributed by atoms with Crippen LogP contribution in [0.5, 0.6) is 0 Å². The first-order valence-electron chi connectivity index (χ1n) is 5.81. The lowest BCUT2D eigenvalue weighted by molar-refractivity contribution is -0.164. The third kappa shape index (κ3) is 4.04. The minimum Gasteiger partial charge on any atom is -0.464 e. The summed E-state index contributed by atoms with van der Waals surface area (Å²) in [5, 5.41) is 22.3. The summed E-state index contributed by atoms with van der Waals surface area (Å²) in [4.78, 5) is 21.9. The second-order valence-corrected chi connectivity index (χ2v) is 4.17. The lowest BCUT2D eigenvalue weighted by Gasteiger charge is -2.29. The van der Waals surface area contributed by atoms with Crippen LogP contribution in [0.15, 0.2) is 24.3 Å². The van der Waals surface area contributed by atoms with Gasteiger partial charge >= 0.3 is 5.97 Å². The van der Waals surface area contributed by atoms with Gasteiger partial charge in [0.25, 0.3) is 0 Å². The molecule has 19 heavy (non-hydrogen) atoms. The summed E-state index contributed by atoms with van der Waals surface area (Å²) in [5.74, 6) is -0.912. The number of esters is 1. The number of aliphatic hydroxyl groups excluding tert-OH is 1. The van der Waals surface area contributed by atoms with Gasteiger partial charge < -0.3 is 20.3 Å². The van der Waals surface area contributed by atoms with Crippen molar-refractivity contribution in [2.24, 2.45) is 0 Å². The van der Waals surface area contributed by atoms with E-state index in [1.165, 1.54) is 6.92 Å². The summed E-state index contributed by atoms with van der Waals surface area (Å²) in [7, 11) is 0. The van der Waals surface area contributed by atoms with Crippen molar-refractivity contribution in [2.45, 2.75) is 25.7 Å². The summed E-state index contributed by atoms with van der Waals surface area (Å²) in [5.41, 5.74) is -0.940. The number of aliphatic hydroxyl groups is 2. The molecule has 1 aromatic rings. The first kappa shape index (κ1) is 15.1.